The number of epoxide rings is 1. The lowest BCUT2D eigenvalue weighted by atomic mass is 10.3. The van der Waals surface area contributed by atoms with E-state index in [0.29, 0.717) is 6.54 Å². The number of ether oxygens (including phenoxy) is 1. The normalized spacial score (nSPS) is 28.9. The first-order valence-corrected chi connectivity index (χ1v) is 3.85. The zero-order chi connectivity index (χ0) is 8.27. The summed E-state index contributed by atoms with van der Waals surface area (Å²) >= 11 is 0. The van der Waals surface area contributed by atoms with Crippen LogP contribution in [0.2, 0.25) is 0 Å². The molecule has 1 fully saturated rings. The first-order valence-electron chi connectivity index (χ1n) is 3.85. The fourth-order valence-corrected chi connectivity index (χ4v) is 0.946. The summed E-state index contributed by atoms with van der Waals surface area (Å²) in [7, 11) is 0. The number of hydrogen-bond acceptors (Lipinski definition) is 2. The van der Waals surface area contributed by atoms with Crippen molar-refractivity contribution in [2.45, 2.75) is 26.1 Å². The standard InChI is InChI=1S/C8H13NO2/c1-3-5-6-7(11-6)8(10)9-4-2/h3,5-7H,4H2,1-2H3,(H,9,10). The lowest BCUT2D eigenvalue weighted by Crippen LogP contribution is -2.28. The van der Waals surface area contributed by atoms with E-state index in [-0.39, 0.29) is 18.1 Å². The van der Waals surface area contributed by atoms with Gasteiger partial charge < -0.3 is 10.1 Å². The molecule has 11 heavy (non-hydrogen) atoms. The molecule has 0 bridgehead atoms. The third kappa shape index (κ3) is 2.05. The Bertz CT molecular complexity index is 177. The molecule has 3 nitrogen and oxygen atoms in total. The minimum atomic E-state index is -0.230. The molecule has 1 N–H and O–H groups in total. The Hall–Kier alpha value is -0.830. The second-order valence-electron chi connectivity index (χ2n) is 2.44. The Kier molecular flexibility index (Phi) is 2.65. The number of likely N-dealkylation sites (N-methyl/N-ethyl adjacent to an activating group) is 1. The molecule has 62 valence electrons. The van der Waals surface area contributed by atoms with Gasteiger partial charge in [0.2, 0.25) is 0 Å². The third-order valence-corrected chi connectivity index (χ3v) is 1.52. The van der Waals surface area contributed by atoms with Gasteiger partial charge in [0.15, 0.2) is 6.10 Å². The zero-order valence-corrected chi connectivity index (χ0v) is 6.83. The highest BCUT2D eigenvalue weighted by Crippen LogP contribution is 2.22. The number of nitrogens with one attached hydrogen (secondary N) is 1. The molecular formula is C8H13NO2. The Morgan fingerprint density at radius 3 is 3.00 bits per heavy atom. The molecule has 0 aromatic heterocycles. The van der Waals surface area contributed by atoms with Crippen LogP contribution in [0.5, 0.6) is 0 Å². The van der Waals surface area contributed by atoms with Crippen molar-refractivity contribution in [3.8, 4) is 0 Å². The van der Waals surface area contributed by atoms with Crippen LogP contribution >= 0.6 is 0 Å². The Morgan fingerprint density at radius 1 is 1.73 bits per heavy atom. The van der Waals surface area contributed by atoms with Gasteiger partial charge in [0, 0.05) is 6.54 Å². The molecule has 3 heteroatoms. The highest BCUT2D eigenvalue weighted by atomic mass is 16.6. The van der Waals surface area contributed by atoms with Gasteiger partial charge in [-0.25, -0.2) is 0 Å². The van der Waals surface area contributed by atoms with Gasteiger partial charge in [-0.15, -0.1) is 0 Å². The molecule has 1 aliphatic rings. The highest BCUT2D eigenvalue weighted by Gasteiger charge is 2.42. The van der Waals surface area contributed by atoms with Crippen molar-refractivity contribution >= 4 is 5.91 Å². The lowest BCUT2D eigenvalue weighted by Gasteiger charge is -1.94. The van der Waals surface area contributed by atoms with Crippen molar-refractivity contribution in [1.82, 2.24) is 5.32 Å². The van der Waals surface area contributed by atoms with Crippen LogP contribution in [0.1, 0.15) is 13.8 Å². The molecule has 0 saturated carbocycles. The van der Waals surface area contributed by atoms with Crippen LogP contribution in [-0.4, -0.2) is 24.7 Å². The first-order chi connectivity index (χ1) is 5.29. The summed E-state index contributed by atoms with van der Waals surface area (Å²) < 4.78 is 5.07. The number of allylic oxidation sites excluding steroid dienone is 1. The second-order valence-corrected chi connectivity index (χ2v) is 2.44. The van der Waals surface area contributed by atoms with Gasteiger partial charge in [0.1, 0.15) is 6.10 Å². The van der Waals surface area contributed by atoms with E-state index in [1.807, 2.05) is 26.0 Å². The van der Waals surface area contributed by atoms with Gasteiger partial charge >= 0.3 is 0 Å². The number of hydrogen-bond donors (Lipinski definition) is 1. The van der Waals surface area contributed by atoms with Crippen LogP contribution in [-0.2, 0) is 9.53 Å². The van der Waals surface area contributed by atoms with Crippen molar-refractivity contribution in [3.05, 3.63) is 12.2 Å². The van der Waals surface area contributed by atoms with Crippen molar-refractivity contribution in [1.29, 1.82) is 0 Å². The molecule has 0 aliphatic carbocycles. The van der Waals surface area contributed by atoms with Crippen LogP contribution in [0.4, 0.5) is 0 Å². The number of carbonyl (C=O) groups excluding carboxylic acids is 1. The topological polar surface area (TPSA) is 41.6 Å². The van der Waals surface area contributed by atoms with Crippen LogP contribution in [0, 0.1) is 0 Å². The maximum Gasteiger partial charge on any atom is 0.252 e. The minimum Gasteiger partial charge on any atom is -0.355 e. The Balaban J connectivity index is 2.26. The van der Waals surface area contributed by atoms with Crippen molar-refractivity contribution in [3.63, 3.8) is 0 Å². The van der Waals surface area contributed by atoms with E-state index in [2.05, 4.69) is 5.32 Å². The number of amides is 1. The Morgan fingerprint density at radius 2 is 2.45 bits per heavy atom. The molecule has 1 heterocycles. The van der Waals surface area contributed by atoms with E-state index >= 15 is 0 Å². The van der Waals surface area contributed by atoms with Crippen molar-refractivity contribution in [2.75, 3.05) is 6.54 Å². The predicted octanol–water partition coefficient (Wildman–Crippen LogP) is 0.466. The summed E-state index contributed by atoms with van der Waals surface area (Å²) in [6.07, 6.45) is 3.57. The smallest absolute Gasteiger partial charge is 0.252 e. The third-order valence-electron chi connectivity index (χ3n) is 1.52. The SMILES string of the molecule is CC=CC1OC1C(=O)NCC. The summed E-state index contributed by atoms with van der Waals surface area (Å²) in [5.74, 6) is -0.00407. The van der Waals surface area contributed by atoms with Crippen LogP contribution in [0.3, 0.4) is 0 Å². The molecule has 1 rings (SSSR count). The van der Waals surface area contributed by atoms with Gasteiger partial charge in [0.05, 0.1) is 0 Å². The van der Waals surface area contributed by atoms with E-state index in [4.69, 9.17) is 4.74 Å². The highest BCUT2D eigenvalue weighted by molar-refractivity contribution is 5.84. The average molecular weight is 155 g/mol. The lowest BCUT2D eigenvalue weighted by molar-refractivity contribution is -0.122. The molecule has 2 unspecified atom stereocenters. The summed E-state index contributed by atoms with van der Waals surface area (Å²) in [5.41, 5.74) is 0. The summed E-state index contributed by atoms with van der Waals surface area (Å²) in [4.78, 5) is 11.0. The molecule has 0 radical (unpaired) electrons. The summed E-state index contributed by atoms with van der Waals surface area (Å²) in [5, 5.41) is 2.70. The van der Waals surface area contributed by atoms with Crippen LogP contribution < -0.4 is 5.32 Å². The van der Waals surface area contributed by atoms with Crippen molar-refractivity contribution in [2.24, 2.45) is 0 Å². The van der Waals surface area contributed by atoms with Crippen LogP contribution in [0.25, 0.3) is 0 Å². The van der Waals surface area contributed by atoms with Gasteiger partial charge in [-0.2, -0.15) is 0 Å². The summed E-state index contributed by atoms with van der Waals surface area (Å²) in [6, 6.07) is 0. The minimum absolute atomic E-state index is 0.00407. The average Bonchev–Trinajstić information content (AvgIpc) is 2.69. The second kappa shape index (κ2) is 3.53. The molecule has 1 saturated heterocycles. The van der Waals surface area contributed by atoms with E-state index in [1.165, 1.54) is 0 Å². The van der Waals surface area contributed by atoms with Gasteiger partial charge in [0.25, 0.3) is 5.91 Å². The fraction of sp³-hybridized carbons (Fsp3) is 0.625. The quantitative estimate of drug-likeness (QED) is 0.475. The summed E-state index contributed by atoms with van der Waals surface area (Å²) in [6.45, 7) is 4.47. The fourth-order valence-electron chi connectivity index (χ4n) is 0.946. The predicted molar refractivity (Wildman–Crippen MR) is 42.2 cm³/mol. The molecule has 1 amide bonds. The molecule has 0 aromatic rings. The Labute approximate surface area is 66.4 Å². The van der Waals surface area contributed by atoms with E-state index in [9.17, 15) is 4.79 Å². The maximum atomic E-state index is 11.0. The number of carbonyl (C=O) groups is 1. The van der Waals surface area contributed by atoms with Gasteiger partial charge in [-0.05, 0) is 13.8 Å². The van der Waals surface area contributed by atoms with Gasteiger partial charge in [-0.3, -0.25) is 4.79 Å². The maximum absolute atomic E-state index is 11.0. The van der Waals surface area contributed by atoms with Crippen LogP contribution in [0.15, 0.2) is 12.2 Å². The molecule has 2 atom stereocenters. The van der Waals surface area contributed by atoms with E-state index in [1.54, 1.807) is 0 Å². The van der Waals surface area contributed by atoms with E-state index in [0.717, 1.165) is 0 Å². The molecular weight excluding hydrogens is 142 g/mol. The molecule has 1 aliphatic heterocycles. The van der Waals surface area contributed by atoms with Gasteiger partial charge in [-0.1, -0.05) is 12.2 Å². The largest absolute Gasteiger partial charge is 0.355 e. The number of rotatable bonds is 3. The van der Waals surface area contributed by atoms with E-state index < -0.39 is 0 Å². The first kappa shape index (κ1) is 8.27. The van der Waals surface area contributed by atoms with Crippen molar-refractivity contribution < 1.29 is 9.53 Å². The zero-order valence-electron chi connectivity index (χ0n) is 6.83. The molecule has 0 spiro atoms. The monoisotopic (exact) mass is 155 g/mol. The molecule has 0 aromatic carbocycles.